The number of urea groups is 1. The normalized spacial score (nSPS) is 23.2. The summed E-state index contributed by atoms with van der Waals surface area (Å²) in [7, 11) is 1.78. The van der Waals surface area contributed by atoms with E-state index in [1.165, 1.54) is 0 Å². The summed E-state index contributed by atoms with van der Waals surface area (Å²) >= 11 is 6.01. The second kappa shape index (κ2) is 6.48. The zero-order valence-electron chi connectivity index (χ0n) is 14.5. The predicted octanol–water partition coefficient (Wildman–Crippen LogP) is 1.96. The number of morpholine rings is 1. The lowest BCUT2D eigenvalue weighted by Gasteiger charge is -2.38. The molecular weight excluding hydrogens is 356 g/mol. The molecular formula is C18H21ClN4O3. The Labute approximate surface area is 156 Å². The van der Waals surface area contributed by atoms with E-state index in [0.717, 1.165) is 23.0 Å². The van der Waals surface area contributed by atoms with Crippen molar-refractivity contribution in [3.63, 3.8) is 0 Å². The highest BCUT2D eigenvalue weighted by atomic mass is 35.5. The molecule has 0 radical (unpaired) electrons. The quantitative estimate of drug-likeness (QED) is 0.841. The number of aromatic amines is 1. The van der Waals surface area contributed by atoms with Gasteiger partial charge in [0.25, 0.3) is 0 Å². The van der Waals surface area contributed by atoms with Gasteiger partial charge >= 0.3 is 6.03 Å². The monoisotopic (exact) mass is 376 g/mol. The van der Waals surface area contributed by atoms with Crippen LogP contribution in [-0.4, -0.2) is 65.6 Å². The first-order valence-electron chi connectivity index (χ1n) is 8.62. The summed E-state index contributed by atoms with van der Waals surface area (Å²) in [6.07, 6.45) is 0.739. The van der Waals surface area contributed by atoms with Crippen molar-refractivity contribution >= 4 is 34.4 Å². The van der Waals surface area contributed by atoms with Crippen molar-refractivity contribution in [2.45, 2.75) is 18.6 Å². The van der Waals surface area contributed by atoms with Crippen molar-refractivity contribution in [1.82, 2.24) is 20.1 Å². The molecule has 0 saturated carbocycles. The zero-order chi connectivity index (χ0) is 18.3. The third-order valence-corrected chi connectivity index (χ3v) is 5.36. The molecule has 26 heavy (non-hydrogen) atoms. The average molecular weight is 377 g/mol. The van der Waals surface area contributed by atoms with Gasteiger partial charge < -0.3 is 24.8 Å². The second-order valence-electron chi connectivity index (χ2n) is 7.08. The predicted molar refractivity (Wildman–Crippen MR) is 98.1 cm³/mol. The van der Waals surface area contributed by atoms with Crippen molar-refractivity contribution in [2.75, 3.05) is 33.3 Å². The molecule has 4 rings (SSSR count). The van der Waals surface area contributed by atoms with E-state index in [2.05, 4.69) is 10.3 Å². The number of hydrogen-bond acceptors (Lipinski definition) is 3. The van der Waals surface area contributed by atoms with Crippen LogP contribution in [0.25, 0.3) is 10.9 Å². The van der Waals surface area contributed by atoms with E-state index in [-0.39, 0.29) is 18.5 Å². The van der Waals surface area contributed by atoms with Gasteiger partial charge in [0, 0.05) is 35.2 Å². The Hall–Kier alpha value is -2.25. The minimum absolute atomic E-state index is 0.0163. The Bertz CT molecular complexity index is 867. The number of H-pyrrole nitrogens is 1. The first kappa shape index (κ1) is 17.2. The molecule has 0 bridgehead atoms. The Balaban J connectivity index is 1.35. The lowest BCUT2D eigenvalue weighted by atomic mass is 10.0. The van der Waals surface area contributed by atoms with E-state index in [0.29, 0.717) is 31.2 Å². The molecule has 1 aromatic carbocycles. The van der Waals surface area contributed by atoms with E-state index < -0.39 is 5.60 Å². The van der Waals surface area contributed by atoms with Crippen molar-refractivity contribution in [1.29, 1.82) is 0 Å². The van der Waals surface area contributed by atoms with Crippen LogP contribution in [-0.2, 0) is 16.1 Å². The molecule has 138 valence electrons. The fourth-order valence-electron chi connectivity index (χ4n) is 3.70. The number of aromatic nitrogens is 1. The summed E-state index contributed by atoms with van der Waals surface area (Å²) in [5.41, 5.74) is 1.48. The fourth-order valence-corrected chi connectivity index (χ4v) is 3.88. The van der Waals surface area contributed by atoms with Crippen molar-refractivity contribution in [2.24, 2.45) is 0 Å². The Morgan fingerprint density at radius 3 is 3.04 bits per heavy atom. The lowest BCUT2D eigenvalue weighted by Crippen LogP contribution is -2.55. The van der Waals surface area contributed by atoms with Crippen LogP contribution in [0.4, 0.5) is 4.79 Å². The highest BCUT2D eigenvalue weighted by molar-refractivity contribution is 6.31. The molecule has 2 N–H and O–H groups in total. The summed E-state index contributed by atoms with van der Waals surface area (Å²) < 4.78 is 5.77. The molecule has 1 aromatic heterocycles. The number of fused-ring (bicyclic) bond motifs is 1. The van der Waals surface area contributed by atoms with E-state index in [1.54, 1.807) is 16.8 Å². The van der Waals surface area contributed by atoms with Gasteiger partial charge in [-0.1, -0.05) is 11.6 Å². The molecule has 2 aliphatic rings. The van der Waals surface area contributed by atoms with Crippen LogP contribution in [0, 0.1) is 0 Å². The number of benzene rings is 1. The number of ether oxygens (including phenoxy) is 1. The van der Waals surface area contributed by atoms with Crippen molar-refractivity contribution < 1.29 is 14.3 Å². The minimum Gasteiger partial charge on any atom is -0.361 e. The number of rotatable bonds is 2. The summed E-state index contributed by atoms with van der Waals surface area (Å²) in [5.74, 6) is -0.0163. The van der Waals surface area contributed by atoms with Crippen LogP contribution in [0.5, 0.6) is 0 Å². The fraction of sp³-hybridized carbons (Fsp3) is 0.444. The van der Waals surface area contributed by atoms with Gasteiger partial charge in [-0.15, -0.1) is 0 Å². The maximum atomic E-state index is 12.5. The van der Waals surface area contributed by atoms with Crippen LogP contribution >= 0.6 is 11.6 Å². The zero-order valence-corrected chi connectivity index (χ0v) is 15.3. The Morgan fingerprint density at radius 1 is 1.38 bits per heavy atom. The molecule has 2 aliphatic heterocycles. The van der Waals surface area contributed by atoms with Gasteiger partial charge in [-0.3, -0.25) is 4.79 Å². The minimum atomic E-state index is -0.433. The second-order valence-corrected chi connectivity index (χ2v) is 7.51. The first-order valence-corrected chi connectivity index (χ1v) is 9.00. The van der Waals surface area contributed by atoms with E-state index in [4.69, 9.17) is 16.3 Å². The summed E-state index contributed by atoms with van der Waals surface area (Å²) in [4.78, 5) is 30.8. The first-order chi connectivity index (χ1) is 12.4. The molecule has 2 aromatic rings. The van der Waals surface area contributed by atoms with Crippen LogP contribution in [0.3, 0.4) is 0 Å². The van der Waals surface area contributed by atoms with E-state index in [9.17, 15) is 9.59 Å². The molecule has 1 atom stereocenters. The Kier molecular flexibility index (Phi) is 4.28. The van der Waals surface area contributed by atoms with Crippen molar-refractivity contribution in [3.05, 3.63) is 35.0 Å². The van der Waals surface area contributed by atoms with Gasteiger partial charge in [-0.25, -0.2) is 4.79 Å². The molecule has 0 aliphatic carbocycles. The van der Waals surface area contributed by atoms with Crippen LogP contribution in [0.1, 0.15) is 12.1 Å². The van der Waals surface area contributed by atoms with Crippen LogP contribution in [0.2, 0.25) is 5.02 Å². The van der Waals surface area contributed by atoms with Crippen molar-refractivity contribution in [3.8, 4) is 0 Å². The number of amides is 3. The summed E-state index contributed by atoms with van der Waals surface area (Å²) in [5, 5.41) is 4.65. The number of hydrogen-bond donors (Lipinski definition) is 2. The number of carbonyl (C=O) groups is 2. The third-order valence-electron chi connectivity index (χ3n) is 5.13. The van der Waals surface area contributed by atoms with Crippen LogP contribution < -0.4 is 5.32 Å². The molecule has 3 heterocycles. The summed E-state index contributed by atoms with van der Waals surface area (Å²) in [6.45, 7) is 2.14. The van der Waals surface area contributed by atoms with Gasteiger partial charge in [-0.05, 0) is 30.7 Å². The smallest absolute Gasteiger partial charge is 0.317 e. The molecule has 1 spiro atoms. The molecule has 2 saturated heterocycles. The Morgan fingerprint density at radius 2 is 2.23 bits per heavy atom. The SMILES string of the molecule is CN1CC2(CCN(C(=O)NCc3cc4cc(Cl)ccc4[nH]3)C2)OCC1=O. The molecule has 2 fully saturated rings. The molecule has 8 heteroatoms. The summed E-state index contributed by atoms with van der Waals surface area (Å²) in [6, 6.07) is 7.50. The van der Waals surface area contributed by atoms with E-state index in [1.807, 2.05) is 24.3 Å². The maximum Gasteiger partial charge on any atom is 0.317 e. The number of nitrogens with zero attached hydrogens (tertiary/aromatic N) is 2. The van der Waals surface area contributed by atoms with Crippen LogP contribution in [0.15, 0.2) is 24.3 Å². The standard InChI is InChI=1S/C18H21ClN4O3/c1-22-10-18(26-9-16(22)24)4-5-23(11-18)17(25)20-8-14-7-12-6-13(19)2-3-15(12)21-14/h2-3,6-7,21H,4-5,8-11H2,1H3,(H,20,25). The number of carbonyl (C=O) groups excluding carboxylic acids is 2. The largest absolute Gasteiger partial charge is 0.361 e. The van der Waals surface area contributed by atoms with Gasteiger partial charge in [0.2, 0.25) is 5.91 Å². The third kappa shape index (κ3) is 3.24. The topological polar surface area (TPSA) is 77.7 Å². The van der Waals surface area contributed by atoms with Gasteiger partial charge in [0.15, 0.2) is 0 Å². The molecule has 7 nitrogen and oxygen atoms in total. The van der Waals surface area contributed by atoms with Gasteiger partial charge in [0.05, 0.1) is 19.6 Å². The van der Waals surface area contributed by atoms with E-state index >= 15 is 0 Å². The number of nitrogens with one attached hydrogen (secondary N) is 2. The van der Waals surface area contributed by atoms with Gasteiger partial charge in [-0.2, -0.15) is 0 Å². The molecule has 1 unspecified atom stereocenters. The number of likely N-dealkylation sites (tertiary alicyclic amines) is 1. The molecule has 3 amide bonds. The van der Waals surface area contributed by atoms with Gasteiger partial charge in [0.1, 0.15) is 12.2 Å². The average Bonchev–Trinajstić information content (AvgIpc) is 3.20. The number of likely N-dealkylation sites (N-methyl/N-ethyl adjacent to an activating group) is 1. The lowest BCUT2D eigenvalue weighted by molar-refractivity contribution is -0.158. The highest BCUT2D eigenvalue weighted by Crippen LogP contribution is 2.29. The highest BCUT2D eigenvalue weighted by Gasteiger charge is 2.45. The number of halogens is 1. The maximum absolute atomic E-state index is 12.5.